The molecule has 33 heavy (non-hydrogen) atoms. The van der Waals surface area contributed by atoms with Gasteiger partial charge in [-0.15, -0.1) is 0 Å². The Hall–Kier alpha value is -3.73. The number of aryl methyl sites for hydroxylation is 1. The quantitative estimate of drug-likeness (QED) is 0.484. The second-order valence-electron chi connectivity index (χ2n) is 8.10. The first-order chi connectivity index (χ1) is 15.8. The number of aromatic nitrogens is 3. The fourth-order valence-corrected chi connectivity index (χ4v) is 4.28. The number of hydrogen-bond donors (Lipinski definition) is 3. The molecule has 3 heterocycles. The third-order valence-electron chi connectivity index (χ3n) is 5.33. The Morgan fingerprint density at radius 1 is 1.24 bits per heavy atom. The molecular formula is C22H26N8O2S. The zero-order chi connectivity index (χ0) is 23.5. The number of carbonyl (C=O) groups excluding carboxylic acids is 2. The summed E-state index contributed by atoms with van der Waals surface area (Å²) in [5, 5.41) is 7.13. The number of amides is 2. The van der Waals surface area contributed by atoms with Gasteiger partial charge in [-0.1, -0.05) is 0 Å². The maximum Gasteiger partial charge on any atom is 0.271 e. The number of rotatable bonds is 7. The predicted molar refractivity (Wildman–Crippen MR) is 129 cm³/mol. The second kappa shape index (κ2) is 9.41. The largest absolute Gasteiger partial charge is 0.378 e. The summed E-state index contributed by atoms with van der Waals surface area (Å²) < 4.78 is 4.22. The fourth-order valence-electron chi connectivity index (χ4n) is 3.62. The molecule has 10 nitrogen and oxygen atoms in total. The van der Waals surface area contributed by atoms with Crippen LogP contribution in [0, 0.1) is 6.92 Å². The van der Waals surface area contributed by atoms with E-state index < -0.39 is 5.91 Å². The Bertz CT molecular complexity index is 1160. The average molecular weight is 467 g/mol. The van der Waals surface area contributed by atoms with E-state index in [2.05, 4.69) is 25.0 Å². The molecule has 1 aliphatic heterocycles. The standard InChI is InChI=1S/C22H26N8O2S/c1-13-10-18(33-28-13)27-21-19(20(23)31)24-11-17(26-21)25-15-8-9-30(12-15)22(32)14-4-6-16(7-5-14)29(2)3/h4-7,10-11,15H,8-9,12H2,1-3H3,(H2,23,31)(H2,25,26,27). The lowest BCUT2D eigenvalue weighted by Crippen LogP contribution is -2.31. The molecule has 4 rings (SSSR count). The number of nitrogens with one attached hydrogen (secondary N) is 2. The molecule has 0 aliphatic carbocycles. The normalized spacial score (nSPS) is 15.4. The number of hydrogen-bond acceptors (Lipinski definition) is 9. The SMILES string of the molecule is Cc1cc(Nc2nc(NC3CCN(C(=O)c4ccc(N(C)C)cc4)C3)cnc2C(N)=O)sn1. The summed E-state index contributed by atoms with van der Waals surface area (Å²) in [6, 6.07) is 9.45. The van der Waals surface area contributed by atoms with E-state index in [0.29, 0.717) is 24.5 Å². The van der Waals surface area contributed by atoms with Crippen LogP contribution in [-0.2, 0) is 0 Å². The molecule has 1 saturated heterocycles. The molecule has 0 bridgehead atoms. The van der Waals surface area contributed by atoms with Crippen LogP contribution in [0.15, 0.2) is 36.5 Å². The molecule has 2 amide bonds. The number of nitrogens with zero attached hydrogens (tertiary/aromatic N) is 5. The minimum absolute atomic E-state index is 0.00249. The number of likely N-dealkylation sites (tertiary alicyclic amines) is 1. The molecule has 1 fully saturated rings. The molecule has 1 aliphatic rings. The summed E-state index contributed by atoms with van der Waals surface area (Å²) in [5.74, 6) is 0.0971. The van der Waals surface area contributed by atoms with Crippen molar-refractivity contribution in [1.82, 2.24) is 19.2 Å². The summed E-state index contributed by atoms with van der Waals surface area (Å²) in [4.78, 5) is 37.2. The van der Waals surface area contributed by atoms with E-state index >= 15 is 0 Å². The molecule has 11 heteroatoms. The highest BCUT2D eigenvalue weighted by Crippen LogP contribution is 2.24. The van der Waals surface area contributed by atoms with E-state index in [1.165, 1.54) is 17.7 Å². The van der Waals surface area contributed by atoms with Crippen molar-refractivity contribution in [3.05, 3.63) is 53.5 Å². The van der Waals surface area contributed by atoms with Gasteiger partial charge in [0.25, 0.3) is 11.8 Å². The van der Waals surface area contributed by atoms with E-state index in [0.717, 1.165) is 22.8 Å². The molecule has 0 radical (unpaired) electrons. The number of benzene rings is 1. The maximum absolute atomic E-state index is 12.9. The Morgan fingerprint density at radius 3 is 2.64 bits per heavy atom. The first kappa shape index (κ1) is 22.5. The maximum atomic E-state index is 12.9. The van der Waals surface area contributed by atoms with Crippen LogP contribution in [0.25, 0.3) is 0 Å². The van der Waals surface area contributed by atoms with Crippen LogP contribution in [-0.4, -0.2) is 64.3 Å². The molecule has 4 N–H and O–H groups in total. The molecular weight excluding hydrogens is 440 g/mol. The summed E-state index contributed by atoms with van der Waals surface area (Å²) >= 11 is 1.26. The van der Waals surface area contributed by atoms with E-state index in [-0.39, 0.29) is 23.5 Å². The summed E-state index contributed by atoms with van der Waals surface area (Å²) in [6.45, 7) is 3.07. The van der Waals surface area contributed by atoms with E-state index in [1.54, 1.807) is 0 Å². The molecule has 0 spiro atoms. The zero-order valence-electron chi connectivity index (χ0n) is 18.7. The smallest absolute Gasteiger partial charge is 0.271 e. The molecule has 0 saturated carbocycles. The lowest BCUT2D eigenvalue weighted by atomic mass is 10.2. The first-order valence-electron chi connectivity index (χ1n) is 10.5. The Balaban J connectivity index is 1.43. The van der Waals surface area contributed by atoms with Gasteiger partial charge < -0.3 is 26.2 Å². The first-order valence-corrected chi connectivity index (χ1v) is 11.3. The van der Waals surface area contributed by atoms with Crippen LogP contribution in [0.4, 0.5) is 22.3 Å². The van der Waals surface area contributed by atoms with Crippen LogP contribution in [0.5, 0.6) is 0 Å². The van der Waals surface area contributed by atoms with E-state index in [1.807, 2.05) is 61.2 Å². The Morgan fingerprint density at radius 2 is 2.00 bits per heavy atom. The van der Waals surface area contributed by atoms with Gasteiger partial charge in [-0.25, -0.2) is 9.97 Å². The van der Waals surface area contributed by atoms with Crippen LogP contribution in [0.1, 0.15) is 33.0 Å². The minimum Gasteiger partial charge on any atom is -0.378 e. The van der Waals surface area contributed by atoms with Gasteiger partial charge in [0.15, 0.2) is 11.5 Å². The van der Waals surface area contributed by atoms with Crippen molar-refractivity contribution < 1.29 is 9.59 Å². The van der Waals surface area contributed by atoms with Gasteiger partial charge in [-0.3, -0.25) is 9.59 Å². The predicted octanol–water partition coefficient (Wildman–Crippen LogP) is 2.48. The summed E-state index contributed by atoms with van der Waals surface area (Å²) in [6.07, 6.45) is 2.26. The van der Waals surface area contributed by atoms with Gasteiger partial charge in [0.05, 0.1) is 11.9 Å². The third-order valence-corrected chi connectivity index (χ3v) is 6.13. The van der Waals surface area contributed by atoms with Crippen LogP contribution >= 0.6 is 11.5 Å². The van der Waals surface area contributed by atoms with Crippen molar-refractivity contribution in [2.45, 2.75) is 19.4 Å². The highest BCUT2D eigenvalue weighted by atomic mass is 32.1. The minimum atomic E-state index is -0.671. The van der Waals surface area contributed by atoms with Gasteiger partial charge in [-0.2, -0.15) is 4.37 Å². The lowest BCUT2D eigenvalue weighted by Gasteiger charge is -2.19. The van der Waals surface area contributed by atoms with Gasteiger partial charge >= 0.3 is 0 Å². The van der Waals surface area contributed by atoms with Crippen molar-refractivity contribution >= 4 is 45.7 Å². The lowest BCUT2D eigenvalue weighted by molar-refractivity contribution is 0.0791. The Kier molecular flexibility index (Phi) is 6.40. The van der Waals surface area contributed by atoms with Gasteiger partial charge in [0, 0.05) is 44.5 Å². The van der Waals surface area contributed by atoms with Crippen LogP contribution in [0.3, 0.4) is 0 Å². The van der Waals surface area contributed by atoms with E-state index in [9.17, 15) is 9.59 Å². The van der Waals surface area contributed by atoms with Crippen molar-refractivity contribution in [1.29, 1.82) is 0 Å². The number of anilines is 4. The zero-order valence-corrected chi connectivity index (χ0v) is 19.5. The molecule has 1 aromatic carbocycles. The van der Waals surface area contributed by atoms with Crippen LogP contribution < -0.4 is 21.3 Å². The molecule has 1 unspecified atom stereocenters. The van der Waals surface area contributed by atoms with Gasteiger partial charge in [0.2, 0.25) is 0 Å². The summed E-state index contributed by atoms with van der Waals surface area (Å²) in [5.41, 5.74) is 8.08. The van der Waals surface area contributed by atoms with E-state index in [4.69, 9.17) is 5.73 Å². The summed E-state index contributed by atoms with van der Waals surface area (Å²) in [7, 11) is 3.93. The van der Waals surface area contributed by atoms with Crippen molar-refractivity contribution in [2.24, 2.45) is 5.73 Å². The van der Waals surface area contributed by atoms with Gasteiger partial charge in [-0.05, 0) is 55.2 Å². The highest BCUT2D eigenvalue weighted by molar-refractivity contribution is 7.10. The topological polar surface area (TPSA) is 129 Å². The average Bonchev–Trinajstić information content (AvgIpc) is 3.42. The van der Waals surface area contributed by atoms with Crippen molar-refractivity contribution in [3.8, 4) is 0 Å². The highest BCUT2D eigenvalue weighted by Gasteiger charge is 2.27. The van der Waals surface area contributed by atoms with Crippen LogP contribution in [0.2, 0.25) is 0 Å². The van der Waals surface area contributed by atoms with Crippen molar-refractivity contribution in [3.63, 3.8) is 0 Å². The molecule has 1 atom stereocenters. The van der Waals surface area contributed by atoms with Gasteiger partial charge in [0.1, 0.15) is 10.8 Å². The Labute approximate surface area is 196 Å². The molecule has 2 aromatic heterocycles. The molecule has 172 valence electrons. The molecule has 3 aromatic rings. The van der Waals surface area contributed by atoms with Crippen molar-refractivity contribution in [2.75, 3.05) is 42.7 Å². The number of nitrogens with two attached hydrogens (primary N) is 1. The monoisotopic (exact) mass is 466 g/mol. The number of carbonyl (C=O) groups is 2. The number of primary amides is 1. The fraction of sp³-hybridized carbons (Fsp3) is 0.318. The second-order valence-corrected chi connectivity index (χ2v) is 8.90. The third kappa shape index (κ3) is 5.20.